The van der Waals surface area contributed by atoms with E-state index in [1.165, 1.54) is 0 Å². The molecule has 0 aliphatic carbocycles. The van der Waals surface area contributed by atoms with E-state index >= 15 is 0 Å². The van der Waals surface area contributed by atoms with Crippen LogP contribution >= 0.6 is 0 Å². The zero-order valence-electron chi connectivity index (χ0n) is 10.4. The molecule has 17 heavy (non-hydrogen) atoms. The molecule has 1 aromatic rings. The number of benzene rings is 1. The molecule has 1 rings (SSSR count). The van der Waals surface area contributed by atoms with Crippen molar-refractivity contribution in [1.82, 2.24) is 5.32 Å². The minimum absolute atomic E-state index is 0.00838. The number of amides is 1. The molecular weight excluding hydrogens is 216 g/mol. The molecule has 0 saturated heterocycles. The lowest BCUT2D eigenvalue weighted by Crippen LogP contribution is -2.20. The Labute approximate surface area is 102 Å². The van der Waals surface area contributed by atoms with Gasteiger partial charge in [0.25, 0.3) is 0 Å². The predicted octanol–water partition coefficient (Wildman–Crippen LogP) is 1.68. The van der Waals surface area contributed by atoms with Gasteiger partial charge in [0, 0.05) is 18.7 Å². The van der Waals surface area contributed by atoms with Gasteiger partial charge in [-0.25, -0.2) is 0 Å². The van der Waals surface area contributed by atoms with Gasteiger partial charge in [0.1, 0.15) is 0 Å². The second kappa shape index (κ2) is 7.04. The van der Waals surface area contributed by atoms with Gasteiger partial charge >= 0.3 is 0 Å². The molecule has 0 aliphatic rings. The Kier molecular flexibility index (Phi) is 5.66. The molecular formula is C13H20N2O2. The van der Waals surface area contributed by atoms with Crippen LogP contribution in [0.1, 0.15) is 31.9 Å². The van der Waals surface area contributed by atoms with Gasteiger partial charge < -0.3 is 15.7 Å². The number of carbonyl (C=O) groups is 1. The summed E-state index contributed by atoms with van der Waals surface area (Å²) in [5.74, 6) is -0.00838. The summed E-state index contributed by atoms with van der Waals surface area (Å²) in [6.07, 6.45) is -0.0454. The lowest BCUT2D eigenvalue weighted by Gasteiger charge is -2.12. The highest BCUT2D eigenvalue weighted by atomic mass is 16.3. The van der Waals surface area contributed by atoms with E-state index in [1.807, 2.05) is 26.0 Å². The Bertz CT molecular complexity index is 349. The number of aliphatic hydroxyl groups excluding tert-OH is 1. The summed E-state index contributed by atoms with van der Waals surface area (Å²) in [4.78, 5) is 11.2. The van der Waals surface area contributed by atoms with Crippen molar-refractivity contribution in [3.05, 3.63) is 29.8 Å². The predicted molar refractivity (Wildman–Crippen MR) is 68.9 cm³/mol. The van der Waals surface area contributed by atoms with Crippen LogP contribution in [0.5, 0.6) is 0 Å². The van der Waals surface area contributed by atoms with Gasteiger partial charge in [-0.3, -0.25) is 4.79 Å². The zero-order chi connectivity index (χ0) is 12.7. The second-order valence-corrected chi connectivity index (χ2v) is 3.85. The van der Waals surface area contributed by atoms with E-state index in [0.29, 0.717) is 13.0 Å². The van der Waals surface area contributed by atoms with Gasteiger partial charge in [0.2, 0.25) is 5.91 Å². The molecule has 0 saturated carbocycles. The van der Waals surface area contributed by atoms with Crippen molar-refractivity contribution in [3.8, 4) is 0 Å². The average molecular weight is 236 g/mol. The SMILES string of the molecule is CCNCC(O)c1ccc(NC(=O)CC)cc1. The normalized spacial score (nSPS) is 12.2. The Balaban J connectivity index is 2.57. The van der Waals surface area contributed by atoms with E-state index in [9.17, 15) is 9.90 Å². The Morgan fingerprint density at radius 3 is 2.47 bits per heavy atom. The Morgan fingerprint density at radius 1 is 1.29 bits per heavy atom. The monoisotopic (exact) mass is 236 g/mol. The molecule has 0 spiro atoms. The van der Waals surface area contributed by atoms with Gasteiger partial charge in [-0.1, -0.05) is 26.0 Å². The summed E-state index contributed by atoms with van der Waals surface area (Å²) in [7, 11) is 0. The fraction of sp³-hybridized carbons (Fsp3) is 0.462. The summed E-state index contributed by atoms with van der Waals surface area (Å²) in [6, 6.07) is 7.26. The fourth-order valence-corrected chi connectivity index (χ4v) is 1.44. The van der Waals surface area contributed by atoms with Crippen molar-refractivity contribution in [2.24, 2.45) is 0 Å². The number of hydrogen-bond acceptors (Lipinski definition) is 3. The molecule has 0 aliphatic heterocycles. The molecule has 1 amide bonds. The van der Waals surface area contributed by atoms with Crippen LogP contribution in [0.3, 0.4) is 0 Å². The summed E-state index contributed by atoms with van der Waals surface area (Å²) in [6.45, 7) is 5.18. The van der Waals surface area contributed by atoms with Gasteiger partial charge in [0.05, 0.1) is 6.10 Å². The van der Waals surface area contributed by atoms with E-state index in [1.54, 1.807) is 12.1 Å². The number of rotatable bonds is 6. The zero-order valence-corrected chi connectivity index (χ0v) is 10.4. The first-order valence-corrected chi connectivity index (χ1v) is 5.96. The molecule has 1 unspecified atom stereocenters. The van der Waals surface area contributed by atoms with Crippen LogP contribution in [0.2, 0.25) is 0 Å². The number of aliphatic hydroxyl groups is 1. The van der Waals surface area contributed by atoms with Gasteiger partial charge in [-0.2, -0.15) is 0 Å². The molecule has 4 heteroatoms. The highest BCUT2D eigenvalue weighted by Gasteiger charge is 2.06. The van der Waals surface area contributed by atoms with E-state index in [2.05, 4.69) is 10.6 Å². The summed E-state index contributed by atoms with van der Waals surface area (Å²) in [5, 5.41) is 15.7. The van der Waals surface area contributed by atoms with E-state index in [0.717, 1.165) is 17.8 Å². The third-order valence-corrected chi connectivity index (χ3v) is 2.49. The van der Waals surface area contributed by atoms with Crippen molar-refractivity contribution in [1.29, 1.82) is 0 Å². The van der Waals surface area contributed by atoms with Crippen LogP contribution in [-0.2, 0) is 4.79 Å². The number of anilines is 1. The molecule has 0 radical (unpaired) electrons. The molecule has 3 N–H and O–H groups in total. The fourth-order valence-electron chi connectivity index (χ4n) is 1.44. The quantitative estimate of drug-likeness (QED) is 0.704. The van der Waals surface area contributed by atoms with Crippen molar-refractivity contribution < 1.29 is 9.90 Å². The standard InChI is InChI=1S/C13H20N2O2/c1-3-13(17)15-11-7-5-10(6-8-11)12(16)9-14-4-2/h5-8,12,14,16H,3-4,9H2,1-2H3,(H,15,17). The van der Waals surface area contributed by atoms with Gasteiger partial charge in [0.15, 0.2) is 0 Å². The Hall–Kier alpha value is -1.39. The third kappa shape index (κ3) is 4.54. The minimum atomic E-state index is -0.508. The second-order valence-electron chi connectivity index (χ2n) is 3.85. The number of carbonyl (C=O) groups excluding carboxylic acids is 1. The topological polar surface area (TPSA) is 61.4 Å². The largest absolute Gasteiger partial charge is 0.387 e. The molecule has 0 fully saturated rings. The molecule has 0 aromatic heterocycles. The van der Waals surface area contributed by atoms with Crippen LogP contribution in [0.4, 0.5) is 5.69 Å². The van der Waals surface area contributed by atoms with E-state index in [-0.39, 0.29) is 5.91 Å². The van der Waals surface area contributed by atoms with E-state index in [4.69, 9.17) is 0 Å². The summed E-state index contributed by atoms with van der Waals surface area (Å²) < 4.78 is 0. The van der Waals surface area contributed by atoms with Crippen molar-refractivity contribution in [2.75, 3.05) is 18.4 Å². The molecule has 1 aromatic carbocycles. The number of likely N-dealkylation sites (N-methyl/N-ethyl adjacent to an activating group) is 1. The first kappa shape index (κ1) is 13.7. The first-order valence-electron chi connectivity index (χ1n) is 5.96. The number of nitrogens with one attached hydrogen (secondary N) is 2. The van der Waals surface area contributed by atoms with Gasteiger partial charge in [-0.05, 0) is 24.2 Å². The van der Waals surface area contributed by atoms with Crippen LogP contribution in [0, 0.1) is 0 Å². The van der Waals surface area contributed by atoms with Gasteiger partial charge in [-0.15, -0.1) is 0 Å². The van der Waals surface area contributed by atoms with Crippen molar-refractivity contribution in [2.45, 2.75) is 26.4 Å². The Morgan fingerprint density at radius 2 is 1.94 bits per heavy atom. The van der Waals surface area contributed by atoms with Crippen molar-refractivity contribution in [3.63, 3.8) is 0 Å². The average Bonchev–Trinajstić information content (AvgIpc) is 2.36. The summed E-state index contributed by atoms with van der Waals surface area (Å²) >= 11 is 0. The van der Waals surface area contributed by atoms with Crippen LogP contribution in [0.15, 0.2) is 24.3 Å². The molecule has 0 heterocycles. The third-order valence-electron chi connectivity index (χ3n) is 2.49. The van der Waals surface area contributed by atoms with Crippen LogP contribution < -0.4 is 10.6 Å². The number of hydrogen-bond donors (Lipinski definition) is 3. The lowest BCUT2D eigenvalue weighted by atomic mass is 10.1. The maximum absolute atomic E-state index is 11.2. The lowest BCUT2D eigenvalue weighted by molar-refractivity contribution is -0.115. The highest BCUT2D eigenvalue weighted by molar-refractivity contribution is 5.90. The smallest absolute Gasteiger partial charge is 0.224 e. The molecule has 1 atom stereocenters. The maximum Gasteiger partial charge on any atom is 0.224 e. The van der Waals surface area contributed by atoms with Crippen LogP contribution in [-0.4, -0.2) is 24.1 Å². The van der Waals surface area contributed by atoms with E-state index < -0.39 is 6.10 Å². The molecule has 4 nitrogen and oxygen atoms in total. The molecule has 0 bridgehead atoms. The maximum atomic E-state index is 11.2. The van der Waals surface area contributed by atoms with Crippen LogP contribution in [0.25, 0.3) is 0 Å². The minimum Gasteiger partial charge on any atom is -0.387 e. The highest BCUT2D eigenvalue weighted by Crippen LogP contribution is 2.15. The van der Waals surface area contributed by atoms with Crippen molar-refractivity contribution >= 4 is 11.6 Å². The first-order chi connectivity index (χ1) is 8.17. The molecule has 94 valence electrons. The summed E-state index contributed by atoms with van der Waals surface area (Å²) in [5.41, 5.74) is 1.61.